The van der Waals surface area contributed by atoms with Gasteiger partial charge in [-0.15, -0.1) is 0 Å². The van der Waals surface area contributed by atoms with Gasteiger partial charge in [0.05, 0.1) is 12.5 Å². The normalized spacial score (nSPS) is 15.6. The molecule has 0 saturated carbocycles. The third-order valence-corrected chi connectivity index (χ3v) is 6.14. The van der Waals surface area contributed by atoms with Crippen molar-refractivity contribution in [3.8, 4) is 16.9 Å². The number of para-hydroxylation sites is 1. The second-order valence-electron chi connectivity index (χ2n) is 8.74. The first-order valence-electron chi connectivity index (χ1n) is 11.3. The van der Waals surface area contributed by atoms with Crippen molar-refractivity contribution in [3.05, 3.63) is 54.1 Å². The first-order chi connectivity index (χ1) is 15.0. The number of methoxy groups -OCH3 is 1. The molecule has 1 fully saturated rings. The molecule has 0 atom stereocenters. The van der Waals surface area contributed by atoms with E-state index in [1.807, 2.05) is 18.2 Å². The summed E-state index contributed by atoms with van der Waals surface area (Å²) < 4.78 is 11.1. The van der Waals surface area contributed by atoms with Crippen LogP contribution in [0.25, 0.3) is 11.1 Å². The highest BCUT2D eigenvalue weighted by atomic mass is 16.5. The largest absolute Gasteiger partial charge is 0.496 e. The molecular formula is C26H36N2O3. The number of rotatable bonds is 10. The Labute approximate surface area is 186 Å². The minimum absolute atomic E-state index is 0.170. The van der Waals surface area contributed by atoms with E-state index in [0.29, 0.717) is 13.2 Å². The molecule has 3 rings (SSSR count). The molecule has 1 N–H and O–H groups in total. The van der Waals surface area contributed by atoms with E-state index in [4.69, 9.17) is 9.47 Å². The Bertz CT molecular complexity index is 844. The van der Waals surface area contributed by atoms with Gasteiger partial charge in [0.15, 0.2) is 0 Å². The zero-order chi connectivity index (χ0) is 22.1. The van der Waals surface area contributed by atoms with Crippen LogP contribution >= 0.6 is 0 Å². The minimum Gasteiger partial charge on any atom is -0.496 e. The first-order valence-corrected chi connectivity index (χ1v) is 11.3. The Balaban J connectivity index is 1.73. The summed E-state index contributed by atoms with van der Waals surface area (Å²) in [6, 6.07) is 16.5. The lowest BCUT2D eigenvalue weighted by Crippen LogP contribution is -2.46. The van der Waals surface area contributed by atoms with Crippen LogP contribution in [0.4, 0.5) is 0 Å². The molecule has 0 unspecified atom stereocenters. The van der Waals surface area contributed by atoms with Gasteiger partial charge in [0, 0.05) is 25.3 Å². The SMILES string of the molecule is COc1ccccc1-c1cccc(CC2(C(=O)NCCCCN(C)C)CCOCC2)c1. The van der Waals surface area contributed by atoms with E-state index in [9.17, 15) is 4.79 Å². The highest BCUT2D eigenvalue weighted by Crippen LogP contribution is 2.36. The fourth-order valence-electron chi connectivity index (χ4n) is 4.31. The second kappa shape index (κ2) is 11.3. The van der Waals surface area contributed by atoms with Crippen molar-refractivity contribution in [2.45, 2.75) is 32.1 Å². The van der Waals surface area contributed by atoms with Crippen LogP contribution in [0.15, 0.2) is 48.5 Å². The molecule has 1 aliphatic rings. The molecule has 0 bridgehead atoms. The minimum atomic E-state index is -0.404. The average molecular weight is 425 g/mol. The van der Waals surface area contributed by atoms with Gasteiger partial charge in [0.2, 0.25) is 5.91 Å². The van der Waals surface area contributed by atoms with Gasteiger partial charge in [-0.3, -0.25) is 4.79 Å². The number of amides is 1. The molecule has 0 aromatic heterocycles. The fourth-order valence-corrected chi connectivity index (χ4v) is 4.31. The maximum Gasteiger partial charge on any atom is 0.226 e. The fraction of sp³-hybridized carbons (Fsp3) is 0.500. The Morgan fingerprint density at radius 1 is 1.10 bits per heavy atom. The highest BCUT2D eigenvalue weighted by Gasteiger charge is 2.39. The standard InChI is InChI=1S/C26H36N2O3/c1-28(2)16-7-6-15-27-25(29)26(13-17-31-18-14-26)20-21-9-8-10-22(19-21)23-11-4-5-12-24(23)30-3/h4-5,8-12,19H,6-7,13-18,20H2,1-3H3,(H,27,29). The van der Waals surface area contributed by atoms with Crippen LogP contribution in [-0.4, -0.2) is 58.3 Å². The summed E-state index contributed by atoms with van der Waals surface area (Å²) in [5, 5.41) is 3.22. The molecular weight excluding hydrogens is 388 g/mol. The van der Waals surface area contributed by atoms with Gasteiger partial charge in [0.1, 0.15) is 5.75 Å². The average Bonchev–Trinajstić information content (AvgIpc) is 2.79. The zero-order valence-electron chi connectivity index (χ0n) is 19.2. The summed E-state index contributed by atoms with van der Waals surface area (Å²) in [7, 11) is 5.85. The summed E-state index contributed by atoms with van der Waals surface area (Å²) in [5.41, 5.74) is 2.95. The Kier molecular flexibility index (Phi) is 8.50. The van der Waals surface area contributed by atoms with E-state index in [-0.39, 0.29) is 5.91 Å². The number of nitrogens with zero attached hydrogens (tertiary/aromatic N) is 1. The van der Waals surface area contributed by atoms with E-state index in [1.165, 1.54) is 5.56 Å². The van der Waals surface area contributed by atoms with Gasteiger partial charge in [-0.1, -0.05) is 42.5 Å². The molecule has 5 nitrogen and oxygen atoms in total. The second-order valence-corrected chi connectivity index (χ2v) is 8.74. The molecule has 2 aromatic rings. The summed E-state index contributed by atoms with van der Waals surface area (Å²) in [4.78, 5) is 15.5. The number of hydrogen-bond acceptors (Lipinski definition) is 4. The Hall–Kier alpha value is -2.37. The molecule has 2 aromatic carbocycles. The van der Waals surface area contributed by atoms with Crippen molar-refractivity contribution in [2.75, 3.05) is 47.5 Å². The van der Waals surface area contributed by atoms with Gasteiger partial charge in [-0.2, -0.15) is 0 Å². The molecule has 1 heterocycles. The number of carbonyl (C=O) groups excluding carboxylic acids is 1. The predicted octanol–water partition coefficient (Wildman–Crippen LogP) is 4.16. The summed E-state index contributed by atoms with van der Waals surface area (Å²) >= 11 is 0. The molecule has 0 radical (unpaired) electrons. The quantitative estimate of drug-likeness (QED) is 0.582. The van der Waals surface area contributed by atoms with Gasteiger partial charge in [0.25, 0.3) is 0 Å². The van der Waals surface area contributed by atoms with Crippen molar-refractivity contribution in [1.29, 1.82) is 0 Å². The van der Waals surface area contributed by atoms with Gasteiger partial charge < -0.3 is 19.7 Å². The molecule has 1 amide bonds. The molecule has 31 heavy (non-hydrogen) atoms. The van der Waals surface area contributed by atoms with Crippen LogP contribution in [0.2, 0.25) is 0 Å². The van der Waals surface area contributed by atoms with Crippen LogP contribution in [0.5, 0.6) is 5.75 Å². The maximum absolute atomic E-state index is 13.3. The maximum atomic E-state index is 13.3. The van der Waals surface area contributed by atoms with Crippen LogP contribution in [0.3, 0.4) is 0 Å². The number of hydrogen-bond donors (Lipinski definition) is 1. The topological polar surface area (TPSA) is 50.8 Å². The third kappa shape index (κ3) is 6.31. The van der Waals surface area contributed by atoms with Gasteiger partial charge in [-0.05, 0) is 69.9 Å². The van der Waals surface area contributed by atoms with E-state index >= 15 is 0 Å². The van der Waals surface area contributed by atoms with E-state index in [0.717, 1.165) is 62.1 Å². The summed E-state index contributed by atoms with van der Waals surface area (Å²) in [6.07, 6.45) is 4.33. The van der Waals surface area contributed by atoms with Crippen LogP contribution in [0.1, 0.15) is 31.2 Å². The van der Waals surface area contributed by atoms with E-state index in [2.05, 4.69) is 54.6 Å². The molecule has 0 aliphatic carbocycles. The van der Waals surface area contributed by atoms with Gasteiger partial charge >= 0.3 is 0 Å². The van der Waals surface area contributed by atoms with E-state index in [1.54, 1.807) is 7.11 Å². The third-order valence-electron chi connectivity index (χ3n) is 6.14. The Morgan fingerprint density at radius 2 is 1.87 bits per heavy atom. The van der Waals surface area contributed by atoms with Crippen LogP contribution in [-0.2, 0) is 16.0 Å². The van der Waals surface area contributed by atoms with Crippen LogP contribution in [0, 0.1) is 5.41 Å². The number of unbranched alkanes of at least 4 members (excludes halogenated alkanes) is 1. The molecule has 0 spiro atoms. The van der Waals surface area contributed by atoms with Crippen LogP contribution < -0.4 is 10.1 Å². The number of ether oxygens (including phenoxy) is 2. The smallest absolute Gasteiger partial charge is 0.226 e. The van der Waals surface area contributed by atoms with E-state index < -0.39 is 5.41 Å². The summed E-state index contributed by atoms with van der Waals surface area (Å²) in [6.45, 7) is 3.06. The molecule has 1 aliphatic heterocycles. The van der Waals surface area contributed by atoms with Crippen molar-refractivity contribution in [2.24, 2.45) is 5.41 Å². The predicted molar refractivity (Wildman–Crippen MR) is 125 cm³/mol. The number of nitrogens with one attached hydrogen (secondary N) is 1. The first kappa shape index (κ1) is 23.3. The summed E-state index contributed by atoms with van der Waals surface area (Å²) in [5.74, 6) is 1.03. The lowest BCUT2D eigenvalue weighted by Gasteiger charge is -2.36. The number of carbonyl (C=O) groups is 1. The zero-order valence-corrected chi connectivity index (χ0v) is 19.2. The molecule has 5 heteroatoms. The highest BCUT2D eigenvalue weighted by molar-refractivity contribution is 5.83. The lowest BCUT2D eigenvalue weighted by molar-refractivity contribution is -0.136. The van der Waals surface area contributed by atoms with Crippen molar-refractivity contribution >= 4 is 5.91 Å². The lowest BCUT2D eigenvalue weighted by atomic mass is 9.74. The monoisotopic (exact) mass is 424 g/mol. The van der Waals surface area contributed by atoms with Crippen molar-refractivity contribution in [1.82, 2.24) is 10.2 Å². The molecule has 1 saturated heterocycles. The van der Waals surface area contributed by atoms with Gasteiger partial charge in [-0.25, -0.2) is 0 Å². The number of benzene rings is 2. The Morgan fingerprint density at radius 3 is 2.61 bits per heavy atom. The molecule has 168 valence electrons. The van der Waals surface area contributed by atoms with Crippen molar-refractivity contribution < 1.29 is 14.3 Å². The van der Waals surface area contributed by atoms with Crippen molar-refractivity contribution in [3.63, 3.8) is 0 Å².